The first-order chi connectivity index (χ1) is 14.9. The Morgan fingerprint density at radius 3 is 2.56 bits per heavy atom. The van der Waals surface area contributed by atoms with Gasteiger partial charge in [-0.3, -0.25) is 4.18 Å². The van der Waals surface area contributed by atoms with Crippen molar-refractivity contribution in [2.45, 2.75) is 64.6 Å². The van der Waals surface area contributed by atoms with Crippen molar-refractivity contribution in [2.24, 2.45) is 5.92 Å². The van der Waals surface area contributed by atoms with E-state index in [1.807, 2.05) is 45.0 Å². The van der Waals surface area contributed by atoms with Crippen LogP contribution in [0.15, 0.2) is 24.3 Å². The van der Waals surface area contributed by atoms with Crippen molar-refractivity contribution in [3.8, 4) is 0 Å². The Bertz CT molecular complexity index is 869. The van der Waals surface area contributed by atoms with Crippen LogP contribution >= 0.6 is 11.6 Å². The van der Waals surface area contributed by atoms with Gasteiger partial charge in [0.2, 0.25) is 0 Å². The van der Waals surface area contributed by atoms with Crippen molar-refractivity contribution in [1.82, 2.24) is 4.90 Å². The van der Waals surface area contributed by atoms with Crippen molar-refractivity contribution in [1.29, 1.82) is 0 Å². The van der Waals surface area contributed by atoms with Crippen molar-refractivity contribution in [2.75, 3.05) is 32.6 Å². The first-order valence-corrected chi connectivity index (χ1v) is 13.3. The number of likely N-dealkylation sites (tertiary alicyclic amines) is 1. The van der Waals surface area contributed by atoms with Crippen molar-refractivity contribution < 1.29 is 26.9 Å². The molecule has 0 unspecified atom stereocenters. The Morgan fingerprint density at radius 2 is 1.97 bits per heavy atom. The number of rotatable bonds is 9. The van der Waals surface area contributed by atoms with Gasteiger partial charge in [0.1, 0.15) is 5.60 Å². The van der Waals surface area contributed by atoms with E-state index in [9.17, 15) is 13.2 Å². The zero-order valence-electron chi connectivity index (χ0n) is 19.7. The number of halogens is 1. The molecule has 0 N–H and O–H groups in total. The Kier molecular flexibility index (Phi) is 9.40. The normalized spacial score (nSPS) is 19.4. The molecule has 0 radical (unpaired) electrons. The summed E-state index contributed by atoms with van der Waals surface area (Å²) in [4.78, 5) is 14.5. The molecule has 1 aromatic rings. The first-order valence-electron chi connectivity index (χ1n) is 11.1. The fraction of sp³-hybridized carbons (Fsp3) is 0.696. The van der Waals surface area contributed by atoms with Gasteiger partial charge in [0, 0.05) is 24.0 Å². The van der Waals surface area contributed by atoms with Gasteiger partial charge in [-0.1, -0.05) is 37.1 Å². The van der Waals surface area contributed by atoms with E-state index in [1.54, 1.807) is 4.90 Å². The minimum absolute atomic E-state index is 0.0135. The molecule has 1 heterocycles. The molecule has 7 nitrogen and oxygen atoms in total. The van der Waals surface area contributed by atoms with Crippen LogP contribution < -0.4 is 0 Å². The average Bonchev–Trinajstić information content (AvgIpc) is 2.68. The van der Waals surface area contributed by atoms with E-state index in [1.165, 1.54) is 0 Å². The lowest BCUT2D eigenvalue weighted by molar-refractivity contribution is -0.121. The molecule has 2 atom stereocenters. The molecule has 1 amide bonds. The lowest BCUT2D eigenvalue weighted by Gasteiger charge is -2.46. The second-order valence-electron chi connectivity index (χ2n) is 9.29. The lowest BCUT2D eigenvalue weighted by atomic mass is 9.74. The average molecular weight is 490 g/mol. The van der Waals surface area contributed by atoms with Crippen molar-refractivity contribution in [3.05, 3.63) is 34.9 Å². The minimum atomic E-state index is -3.56. The fourth-order valence-electron chi connectivity index (χ4n) is 4.24. The number of hydrogen-bond donors (Lipinski definition) is 0. The standard InChI is InChI=1S/C23H36ClNO6S/c1-6-12-23(18-9-7-11-20(24)16-18,29-14-15-30-32(5,27)28)19-10-8-13-25(17-19)21(26)31-22(2,3)4/h7,9,11,16,19H,6,8,10,12-15,17H2,1-5H3/t19-,23+/m1/s1. The Hall–Kier alpha value is -1.35. The maximum Gasteiger partial charge on any atom is 0.410 e. The molecule has 1 fully saturated rings. The summed E-state index contributed by atoms with van der Waals surface area (Å²) in [6, 6.07) is 7.56. The minimum Gasteiger partial charge on any atom is -0.444 e. The summed E-state index contributed by atoms with van der Waals surface area (Å²) in [5.74, 6) is -0.0135. The van der Waals surface area contributed by atoms with Crippen LogP contribution in [0.3, 0.4) is 0 Å². The number of nitrogens with zero attached hydrogens (tertiary/aromatic N) is 1. The van der Waals surface area contributed by atoms with Gasteiger partial charge in [-0.25, -0.2) is 4.79 Å². The molecule has 0 aliphatic carbocycles. The predicted molar refractivity (Wildman–Crippen MR) is 125 cm³/mol. The number of piperidine rings is 1. The fourth-order valence-corrected chi connectivity index (χ4v) is 4.80. The molecule has 1 aromatic carbocycles. The molecule has 0 spiro atoms. The highest BCUT2D eigenvalue weighted by Gasteiger charge is 2.44. The van der Waals surface area contributed by atoms with Gasteiger partial charge in [-0.15, -0.1) is 0 Å². The van der Waals surface area contributed by atoms with Gasteiger partial charge in [-0.2, -0.15) is 8.42 Å². The molecule has 0 bridgehead atoms. The summed E-state index contributed by atoms with van der Waals surface area (Å²) in [7, 11) is -3.56. The van der Waals surface area contributed by atoms with Crippen LogP contribution in [0.5, 0.6) is 0 Å². The molecule has 9 heteroatoms. The Morgan fingerprint density at radius 1 is 1.25 bits per heavy atom. The van der Waals surface area contributed by atoms with Gasteiger partial charge >= 0.3 is 6.09 Å². The van der Waals surface area contributed by atoms with Gasteiger partial charge in [0.15, 0.2) is 0 Å². The van der Waals surface area contributed by atoms with E-state index in [0.717, 1.165) is 31.1 Å². The summed E-state index contributed by atoms with van der Waals surface area (Å²) in [6.45, 7) is 8.76. The summed E-state index contributed by atoms with van der Waals surface area (Å²) >= 11 is 6.32. The lowest BCUT2D eigenvalue weighted by Crippen LogP contribution is -2.50. The maximum absolute atomic E-state index is 12.8. The van der Waals surface area contributed by atoms with E-state index < -0.39 is 21.3 Å². The van der Waals surface area contributed by atoms with Crippen LogP contribution in [-0.4, -0.2) is 57.6 Å². The van der Waals surface area contributed by atoms with E-state index in [2.05, 4.69) is 6.92 Å². The van der Waals surface area contributed by atoms with Gasteiger partial charge < -0.3 is 14.4 Å². The molecular formula is C23H36ClNO6S. The van der Waals surface area contributed by atoms with E-state index in [4.69, 9.17) is 25.3 Å². The van der Waals surface area contributed by atoms with Gasteiger partial charge in [0.25, 0.3) is 10.1 Å². The van der Waals surface area contributed by atoms with Crippen LogP contribution in [0, 0.1) is 5.92 Å². The molecule has 182 valence electrons. The summed E-state index contributed by atoms with van der Waals surface area (Å²) in [5, 5.41) is 0.596. The largest absolute Gasteiger partial charge is 0.444 e. The van der Waals surface area contributed by atoms with Crippen LogP contribution in [0.4, 0.5) is 4.79 Å². The molecule has 32 heavy (non-hydrogen) atoms. The topological polar surface area (TPSA) is 82.1 Å². The second-order valence-corrected chi connectivity index (χ2v) is 11.4. The van der Waals surface area contributed by atoms with Crippen molar-refractivity contribution in [3.63, 3.8) is 0 Å². The number of ether oxygens (including phenoxy) is 2. The molecule has 1 aliphatic rings. The predicted octanol–water partition coefficient (Wildman–Crippen LogP) is 4.98. The first kappa shape index (κ1) is 26.9. The third-order valence-electron chi connectivity index (χ3n) is 5.41. The number of amides is 1. The van der Waals surface area contributed by atoms with Crippen LogP contribution in [0.1, 0.15) is 58.9 Å². The van der Waals surface area contributed by atoms with E-state index in [-0.39, 0.29) is 25.2 Å². The summed E-state index contributed by atoms with van der Waals surface area (Å²) in [6.07, 6.45) is 3.89. The zero-order valence-corrected chi connectivity index (χ0v) is 21.3. The zero-order chi connectivity index (χ0) is 24.0. The third kappa shape index (κ3) is 7.90. The van der Waals surface area contributed by atoms with Crippen LogP contribution in [-0.2, 0) is 29.4 Å². The smallest absolute Gasteiger partial charge is 0.410 e. The number of hydrogen-bond acceptors (Lipinski definition) is 6. The quantitative estimate of drug-likeness (QED) is 0.359. The van der Waals surface area contributed by atoms with Crippen molar-refractivity contribution >= 4 is 27.8 Å². The highest BCUT2D eigenvalue weighted by Crippen LogP contribution is 2.43. The molecule has 0 aromatic heterocycles. The summed E-state index contributed by atoms with van der Waals surface area (Å²) in [5.41, 5.74) is -0.389. The highest BCUT2D eigenvalue weighted by atomic mass is 35.5. The second kappa shape index (κ2) is 11.2. The molecule has 2 rings (SSSR count). The van der Waals surface area contributed by atoms with Gasteiger partial charge in [0.05, 0.1) is 25.1 Å². The molecule has 0 saturated carbocycles. The maximum atomic E-state index is 12.8. The monoisotopic (exact) mass is 489 g/mol. The van der Waals surface area contributed by atoms with E-state index in [0.29, 0.717) is 24.5 Å². The Balaban J connectivity index is 2.34. The third-order valence-corrected chi connectivity index (χ3v) is 6.24. The summed E-state index contributed by atoms with van der Waals surface area (Å²) < 4.78 is 39.7. The molecule has 1 aliphatic heterocycles. The molecule has 1 saturated heterocycles. The van der Waals surface area contributed by atoms with Gasteiger partial charge in [-0.05, 0) is 57.7 Å². The molecular weight excluding hydrogens is 454 g/mol. The Labute approximate surface area is 197 Å². The van der Waals surface area contributed by atoms with Crippen LogP contribution in [0.25, 0.3) is 0 Å². The van der Waals surface area contributed by atoms with E-state index >= 15 is 0 Å². The number of carbonyl (C=O) groups excluding carboxylic acids is 1. The highest BCUT2D eigenvalue weighted by molar-refractivity contribution is 7.85. The number of carbonyl (C=O) groups is 1. The SMILES string of the molecule is CCC[C@](OCCOS(C)(=O)=O)(c1cccc(Cl)c1)[C@@H]1CCCN(C(=O)OC(C)(C)C)C1. The number of benzene rings is 1. The van der Waals surface area contributed by atoms with Crippen LogP contribution in [0.2, 0.25) is 5.02 Å².